The van der Waals surface area contributed by atoms with Gasteiger partial charge < -0.3 is 20.4 Å². The van der Waals surface area contributed by atoms with E-state index in [-0.39, 0.29) is 47.6 Å². The van der Waals surface area contributed by atoms with Gasteiger partial charge in [0, 0.05) is 6.61 Å². The molecule has 0 aromatic rings. The Bertz CT molecular complexity index is 508. The van der Waals surface area contributed by atoms with Crippen molar-refractivity contribution in [2.75, 3.05) is 6.61 Å². The van der Waals surface area contributed by atoms with Crippen molar-refractivity contribution in [3.63, 3.8) is 0 Å². The summed E-state index contributed by atoms with van der Waals surface area (Å²) in [5.41, 5.74) is -0.0292. The van der Waals surface area contributed by atoms with Gasteiger partial charge in [0.25, 0.3) is 0 Å². The second-order valence-corrected chi connectivity index (χ2v) is 10.1. The van der Waals surface area contributed by atoms with Gasteiger partial charge in [-0.1, -0.05) is 6.92 Å². The molecule has 0 saturated heterocycles. The molecule has 0 bridgehead atoms. The molecule has 25 heavy (non-hydrogen) atoms. The maximum absolute atomic E-state index is 10.9. The number of fused-ring (bicyclic) bond motifs is 5. The average molecular weight is 353 g/mol. The molecule has 0 aromatic heterocycles. The van der Waals surface area contributed by atoms with Crippen LogP contribution in [0.4, 0.5) is 0 Å². The number of hydrogen-bond donors (Lipinski definition) is 4. The molecular weight excluding hydrogens is 316 g/mol. The van der Waals surface area contributed by atoms with Gasteiger partial charge in [-0.05, 0) is 98.7 Å². The van der Waals surface area contributed by atoms with Crippen LogP contribution in [-0.4, -0.2) is 45.3 Å². The highest BCUT2D eigenvalue weighted by Crippen LogP contribution is 2.67. The van der Waals surface area contributed by atoms with Gasteiger partial charge in [0.1, 0.15) is 0 Å². The first-order valence-corrected chi connectivity index (χ1v) is 10.5. The average Bonchev–Trinajstić information content (AvgIpc) is 2.86. The quantitative estimate of drug-likeness (QED) is 0.615. The van der Waals surface area contributed by atoms with Crippen LogP contribution in [-0.2, 0) is 0 Å². The van der Waals surface area contributed by atoms with E-state index < -0.39 is 0 Å². The molecule has 4 aliphatic carbocycles. The van der Waals surface area contributed by atoms with Crippen molar-refractivity contribution in [3.05, 3.63) is 0 Å². The molecule has 0 unspecified atom stereocenters. The molecule has 4 nitrogen and oxygen atoms in total. The van der Waals surface area contributed by atoms with Crippen molar-refractivity contribution in [3.8, 4) is 0 Å². The van der Waals surface area contributed by atoms with E-state index >= 15 is 0 Å². The molecule has 0 radical (unpaired) electrons. The van der Waals surface area contributed by atoms with Gasteiger partial charge in [0.2, 0.25) is 0 Å². The largest absolute Gasteiger partial charge is 0.396 e. The van der Waals surface area contributed by atoms with Crippen LogP contribution in [0.5, 0.6) is 0 Å². The summed E-state index contributed by atoms with van der Waals surface area (Å²) in [6.45, 7) is 4.40. The molecule has 4 aliphatic rings. The topological polar surface area (TPSA) is 80.9 Å². The number of aliphatic hydroxyl groups excluding tert-OH is 4. The lowest BCUT2D eigenvalue weighted by Gasteiger charge is -2.61. The van der Waals surface area contributed by atoms with Crippen molar-refractivity contribution < 1.29 is 20.4 Å². The third-order valence-corrected chi connectivity index (χ3v) is 9.27. The highest BCUT2D eigenvalue weighted by atomic mass is 16.3. The summed E-state index contributed by atoms with van der Waals surface area (Å²) >= 11 is 0. The molecule has 0 aliphatic heterocycles. The summed E-state index contributed by atoms with van der Waals surface area (Å²) in [7, 11) is 0. The number of hydrogen-bond acceptors (Lipinski definition) is 4. The van der Waals surface area contributed by atoms with E-state index in [1.807, 2.05) is 6.92 Å². The molecular formula is C21H36O4. The van der Waals surface area contributed by atoms with Crippen LogP contribution < -0.4 is 0 Å². The van der Waals surface area contributed by atoms with Crippen LogP contribution >= 0.6 is 0 Å². The molecule has 0 spiro atoms. The maximum Gasteiger partial charge on any atom is 0.0580 e. The fourth-order valence-corrected chi connectivity index (χ4v) is 8.20. The Labute approximate surface area is 151 Å². The monoisotopic (exact) mass is 352 g/mol. The van der Waals surface area contributed by atoms with Gasteiger partial charge >= 0.3 is 0 Å². The molecule has 4 heteroatoms. The van der Waals surface area contributed by atoms with Gasteiger partial charge in [-0.25, -0.2) is 0 Å². The maximum atomic E-state index is 10.9. The lowest BCUT2D eigenvalue weighted by Crippen LogP contribution is -2.58. The Hall–Kier alpha value is -0.160. The van der Waals surface area contributed by atoms with E-state index in [1.165, 1.54) is 0 Å². The van der Waals surface area contributed by atoms with Crippen molar-refractivity contribution in [2.24, 2.45) is 40.4 Å². The lowest BCUT2D eigenvalue weighted by atomic mass is 9.44. The Morgan fingerprint density at radius 1 is 1.04 bits per heavy atom. The summed E-state index contributed by atoms with van der Waals surface area (Å²) in [4.78, 5) is 0. The van der Waals surface area contributed by atoms with Gasteiger partial charge in [0.05, 0.1) is 18.3 Å². The van der Waals surface area contributed by atoms with Crippen molar-refractivity contribution in [1.82, 2.24) is 0 Å². The Balaban J connectivity index is 1.66. The molecule has 4 fully saturated rings. The molecule has 0 aromatic carbocycles. The summed E-state index contributed by atoms with van der Waals surface area (Å²) in [6.07, 6.45) is 6.71. The fourth-order valence-electron chi connectivity index (χ4n) is 8.20. The zero-order valence-corrected chi connectivity index (χ0v) is 15.8. The summed E-state index contributed by atoms with van der Waals surface area (Å²) in [5.74, 6) is 1.78. The van der Waals surface area contributed by atoms with E-state index in [9.17, 15) is 20.4 Å². The minimum Gasteiger partial charge on any atom is -0.396 e. The normalized spacial score (nSPS) is 56.6. The summed E-state index contributed by atoms with van der Waals surface area (Å²) < 4.78 is 0. The highest BCUT2D eigenvalue weighted by Gasteiger charge is 2.64. The molecule has 0 heterocycles. The minimum absolute atomic E-state index is 0.0203. The van der Waals surface area contributed by atoms with Crippen molar-refractivity contribution in [1.29, 1.82) is 0 Å². The van der Waals surface area contributed by atoms with E-state index in [0.717, 1.165) is 51.4 Å². The van der Waals surface area contributed by atoms with Gasteiger partial charge in [-0.2, -0.15) is 0 Å². The Morgan fingerprint density at radius 3 is 2.48 bits per heavy atom. The molecule has 0 amide bonds. The second kappa shape index (κ2) is 6.19. The molecule has 4 saturated carbocycles. The predicted octanol–water partition coefficient (Wildman–Crippen LogP) is 2.33. The Morgan fingerprint density at radius 2 is 1.80 bits per heavy atom. The van der Waals surface area contributed by atoms with Crippen LogP contribution in [0.2, 0.25) is 0 Å². The van der Waals surface area contributed by atoms with E-state index in [2.05, 4.69) is 6.92 Å². The van der Waals surface area contributed by atoms with E-state index in [1.54, 1.807) is 0 Å². The third-order valence-electron chi connectivity index (χ3n) is 9.27. The van der Waals surface area contributed by atoms with E-state index in [4.69, 9.17) is 0 Å². The fraction of sp³-hybridized carbons (Fsp3) is 1.00. The van der Waals surface area contributed by atoms with E-state index in [0.29, 0.717) is 17.8 Å². The first-order chi connectivity index (χ1) is 11.8. The first kappa shape index (κ1) is 18.2. The molecule has 4 rings (SSSR count). The van der Waals surface area contributed by atoms with Crippen molar-refractivity contribution in [2.45, 2.75) is 83.5 Å². The summed E-state index contributed by atoms with van der Waals surface area (Å²) in [5, 5.41) is 41.8. The molecule has 10 atom stereocenters. The predicted molar refractivity (Wildman–Crippen MR) is 95.7 cm³/mol. The Kier molecular flexibility index (Phi) is 4.51. The van der Waals surface area contributed by atoms with Gasteiger partial charge in [-0.3, -0.25) is 0 Å². The molecule has 144 valence electrons. The standard InChI is InChI=1S/C21H36O4/c1-12(23)17-10-18(25)19-15-4-3-13-9-14(24)5-8-21(13,11-22)16(15)6-7-20(17,19)2/h12-19,22-25H,3-11H2,1-2H3/t12-,13-,14-,15+,16-,17+,18+,19-,20+,21+/m0/s1. The third kappa shape index (κ3) is 2.47. The van der Waals surface area contributed by atoms with Crippen LogP contribution in [0, 0.1) is 40.4 Å². The summed E-state index contributed by atoms with van der Waals surface area (Å²) in [6, 6.07) is 0. The number of rotatable bonds is 2. The van der Waals surface area contributed by atoms with Gasteiger partial charge in [0.15, 0.2) is 0 Å². The van der Waals surface area contributed by atoms with Crippen LogP contribution in [0.15, 0.2) is 0 Å². The van der Waals surface area contributed by atoms with Crippen LogP contribution in [0.25, 0.3) is 0 Å². The zero-order valence-electron chi connectivity index (χ0n) is 15.8. The van der Waals surface area contributed by atoms with Gasteiger partial charge in [-0.15, -0.1) is 0 Å². The minimum atomic E-state index is -0.367. The van der Waals surface area contributed by atoms with Crippen LogP contribution in [0.3, 0.4) is 0 Å². The lowest BCUT2D eigenvalue weighted by molar-refractivity contribution is -0.166. The zero-order chi connectivity index (χ0) is 18.0. The first-order valence-electron chi connectivity index (χ1n) is 10.5. The smallest absolute Gasteiger partial charge is 0.0580 e. The molecule has 4 N–H and O–H groups in total. The number of aliphatic hydroxyl groups is 4. The second-order valence-electron chi connectivity index (χ2n) is 10.1. The highest BCUT2D eigenvalue weighted by molar-refractivity contribution is 5.12. The SMILES string of the molecule is C[C@H](O)[C@H]1C[C@@H](O)[C@@H]2[C@@H]3CC[C@H]4C[C@@H](O)CC[C@]4(CO)[C@H]3CC[C@@]21C. The van der Waals surface area contributed by atoms with Crippen LogP contribution in [0.1, 0.15) is 65.2 Å². The van der Waals surface area contributed by atoms with Crippen molar-refractivity contribution >= 4 is 0 Å².